The molecule has 2 aliphatic heterocycles. The van der Waals surface area contributed by atoms with Crippen LogP contribution in [0.2, 0.25) is 0 Å². The molecule has 0 radical (unpaired) electrons. The van der Waals surface area contributed by atoms with E-state index in [0.29, 0.717) is 37.5 Å². The van der Waals surface area contributed by atoms with Gasteiger partial charge in [-0.15, -0.1) is 0 Å². The molecule has 0 aliphatic carbocycles. The van der Waals surface area contributed by atoms with E-state index in [0.717, 1.165) is 30.8 Å². The van der Waals surface area contributed by atoms with Crippen LogP contribution in [0.1, 0.15) is 37.0 Å². The molecular weight excluding hydrogens is 256 g/mol. The summed E-state index contributed by atoms with van der Waals surface area (Å²) in [5.74, 6) is 1.25. The van der Waals surface area contributed by atoms with Gasteiger partial charge in [0.05, 0.1) is 25.5 Å². The number of anilines is 1. The van der Waals surface area contributed by atoms with Crippen LogP contribution in [-0.4, -0.2) is 47.2 Å². The van der Waals surface area contributed by atoms with Crippen molar-refractivity contribution in [3.8, 4) is 0 Å². The Hall–Kier alpha value is -1.24. The third-order valence-electron chi connectivity index (χ3n) is 3.99. The van der Waals surface area contributed by atoms with Gasteiger partial charge < -0.3 is 15.2 Å². The van der Waals surface area contributed by atoms with Gasteiger partial charge in [0.2, 0.25) is 0 Å². The molecule has 6 heteroatoms. The number of hydrogen-bond acceptors (Lipinski definition) is 6. The van der Waals surface area contributed by atoms with Gasteiger partial charge in [0, 0.05) is 31.1 Å². The molecule has 0 bridgehead atoms. The highest BCUT2D eigenvalue weighted by Crippen LogP contribution is 2.25. The first-order valence-corrected chi connectivity index (χ1v) is 7.23. The van der Waals surface area contributed by atoms with Gasteiger partial charge in [0.25, 0.3) is 0 Å². The van der Waals surface area contributed by atoms with Crippen LogP contribution in [0.4, 0.5) is 5.82 Å². The highest BCUT2D eigenvalue weighted by Gasteiger charge is 2.27. The van der Waals surface area contributed by atoms with Crippen molar-refractivity contribution >= 4 is 5.82 Å². The molecular formula is C14H22N4O2. The first-order chi connectivity index (χ1) is 9.65. The van der Waals surface area contributed by atoms with E-state index in [1.54, 1.807) is 0 Å². The number of morpholine rings is 1. The Morgan fingerprint density at radius 2 is 2.15 bits per heavy atom. The zero-order valence-electron chi connectivity index (χ0n) is 12.1. The number of nitrogen functional groups attached to an aromatic ring is 1. The minimum absolute atomic E-state index is 0.0819. The second kappa shape index (κ2) is 5.63. The molecule has 3 rings (SSSR count). The van der Waals surface area contributed by atoms with Crippen LogP contribution in [0, 0.1) is 0 Å². The number of aromatic nitrogens is 2. The van der Waals surface area contributed by atoms with Crippen molar-refractivity contribution in [3.05, 3.63) is 17.1 Å². The van der Waals surface area contributed by atoms with Crippen molar-refractivity contribution in [2.45, 2.75) is 39.0 Å². The largest absolute Gasteiger partial charge is 0.383 e. The summed E-state index contributed by atoms with van der Waals surface area (Å²) in [5.41, 5.74) is 8.00. The number of nitrogens with two attached hydrogens (primary N) is 1. The average Bonchev–Trinajstić information content (AvgIpc) is 2.47. The zero-order valence-corrected chi connectivity index (χ0v) is 12.1. The maximum Gasteiger partial charge on any atom is 0.161 e. The first kappa shape index (κ1) is 13.7. The summed E-state index contributed by atoms with van der Waals surface area (Å²) in [4.78, 5) is 11.5. The van der Waals surface area contributed by atoms with Gasteiger partial charge in [-0.25, -0.2) is 9.97 Å². The normalized spacial score (nSPS) is 23.9. The predicted molar refractivity (Wildman–Crippen MR) is 75.2 cm³/mol. The molecule has 2 N–H and O–H groups in total. The van der Waals surface area contributed by atoms with Crippen LogP contribution < -0.4 is 5.73 Å². The minimum atomic E-state index is -0.0819. The van der Waals surface area contributed by atoms with Gasteiger partial charge >= 0.3 is 0 Å². The Kier molecular flexibility index (Phi) is 3.87. The number of nitrogens with zero attached hydrogens (tertiary/aromatic N) is 3. The van der Waals surface area contributed by atoms with Crippen molar-refractivity contribution in [2.75, 3.05) is 32.0 Å². The quantitative estimate of drug-likeness (QED) is 0.867. The van der Waals surface area contributed by atoms with Gasteiger partial charge in [0.15, 0.2) is 5.82 Å². The van der Waals surface area contributed by atoms with Crippen molar-refractivity contribution in [3.63, 3.8) is 0 Å². The number of rotatable bonds is 2. The Bertz CT molecular complexity index is 492. The Labute approximate surface area is 119 Å². The molecule has 0 saturated carbocycles. The second-order valence-electron chi connectivity index (χ2n) is 5.64. The summed E-state index contributed by atoms with van der Waals surface area (Å²) < 4.78 is 11.2. The SMILES string of the molecule is CC(C)N1CCOC(c2nc(N)c3c(n2)CCOC3)C1. The van der Waals surface area contributed by atoms with Crippen LogP contribution in [0.15, 0.2) is 0 Å². The van der Waals surface area contributed by atoms with Gasteiger partial charge in [-0.2, -0.15) is 0 Å². The van der Waals surface area contributed by atoms with Crippen molar-refractivity contribution in [1.29, 1.82) is 0 Å². The Morgan fingerprint density at radius 3 is 2.95 bits per heavy atom. The summed E-state index contributed by atoms with van der Waals surface area (Å²) in [6.45, 7) is 8.11. The van der Waals surface area contributed by atoms with Crippen molar-refractivity contribution in [1.82, 2.24) is 14.9 Å². The Morgan fingerprint density at radius 1 is 1.30 bits per heavy atom. The average molecular weight is 278 g/mol. The summed E-state index contributed by atoms with van der Waals surface area (Å²) >= 11 is 0. The second-order valence-corrected chi connectivity index (χ2v) is 5.64. The lowest BCUT2D eigenvalue weighted by atomic mass is 10.1. The van der Waals surface area contributed by atoms with E-state index in [4.69, 9.17) is 15.2 Å². The van der Waals surface area contributed by atoms with E-state index in [9.17, 15) is 0 Å². The van der Waals surface area contributed by atoms with Gasteiger partial charge in [-0.1, -0.05) is 0 Å². The van der Waals surface area contributed by atoms with Crippen LogP contribution in [0.3, 0.4) is 0 Å². The van der Waals surface area contributed by atoms with Crippen molar-refractivity contribution in [2.24, 2.45) is 0 Å². The summed E-state index contributed by atoms with van der Waals surface area (Å²) in [6, 6.07) is 0.504. The maximum atomic E-state index is 6.04. The lowest BCUT2D eigenvalue weighted by Crippen LogP contribution is -2.42. The fourth-order valence-electron chi connectivity index (χ4n) is 2.71. The predicted octanol–water partition coefficient (Wildman–Crippen LogP) is 0.913. The fraction of sp³-hybridized carbons (Fsp3) is 0.714. The zero-order chi connectivity index (χ0) is 14.1. The summed E-state index contributed by atoms with van der Waals surface area (Å²) in [6.07, 6.45) is 0.719. The van der Waals surface area contributed by atoms with Gasteiger partial charge in [-0.05, 0) is 13.8 Å². The van der Waals surface area contributed by atoms with Crippen LogP contribution in [0.5, 0.6) is 0 Å². The van der Waals surface area contributed by atoms with Gasteiger partial charge in [-0.3, -0.25) is 4.90 Å². The highest BCUT2D eigenvalue weighted by atomic mass is 16.5. The van der Waals surface area contributed by atoms with Crippen molar-refractivity contribution < 1.29 is 9.47 Å². The molecule has 6 nitrogen and oxygen atoms in total. The molecule has 2 aliphatic rings. The molecule has 0 spiro atoms. The van der Waals surface area contributed by atoms with E-state index >= 15 is 0 Å². The summed E-state index contributed by atoms with van der Waals surface area (Å²) in [7, 11) is 0. The fourth-order valence-corrected chi connectivity index (χ4v) is 2.71. The first-order valence-electron chi connectivity index (χ1n) is 7.23. The third-order valence-corrected chi connectivity index (χ3v) is 3.99. The molecule has 1 aromatic rings. The molecule has 0 amide bonds. The molecule has 110 valence electrons. The van der Waals surface area contributed by atoms with E-state index in [1.807, 2.05) is 0 Å². The molecule has 1 atom stereocenters. The van der Waals surface area contributed by atoms with E-state index in [-0.39, 0.29) is 6.10 Å². The molecule has 1 saturated heterocycles. The van der Waals surface area contributed by atoms with Gasteiger partial charge in [0.1, 0.15) is 11.9 Å². The Balaban J connectivity index is 1.84. The highest BCUT2D eigenvalue weighted by molar-refractivity contribution is 5.43. The lowest BCUT2D eigenvalue weighted by Gasteiger charge is -2.35. The molecule has 1 unspecified atom stereocenters. The standard InChI is InChI=1S/C14H22N4O2/c1-9(2)18-4-6-20-12(7-18)14-16-11-3-5-19-8-10(11)13(15)17-14/h9,12H,3-8H2,1-2H3,(H2,15,16,17). The van der Waals surface area contributed by atoms with Crippen LogP contribution in [-0.2, 0) is 22.5 Å². The number of fused-ring (bicyclic) bond motifs is 1. The smallest absolute Gasteiger partial charge is 0.161 e. The molecule has 3 heterocycles. The molecule has 1 fully saturated rings. The monoisotopic (exact) mass is 278 g/mol. The van der Waals surface area contributed by atoms with Crippen LogP contribution >= 0.6 is 0 Å². The lowest BCUT2D eigenvalue weighted by molar-refractivity contribution is -0.0444. The number of hydrogen-bond donors (Lipinski definition) is 1. The minimum Gasteiger partial charge on any atom is -0.383 e. The maximum absolute atomic E-state index is 6.04. The van der Waals surface area contributed by atoms with E-state index < -0.39 is 0 Å². The van der Waals surface area contributed by atoms with E-state index in [1.165, 1.54) is 0 Å². The molecule has 1 aromatic heterocycles. The topological polar surface area (TPSA) is 73.5 Å². The van der Waals surface area contributed by atoms with E-state index in [2.05, 4.69) is 28.7 Å². The van der Waals surface area contributed by atoms with Crippen LogP contribution in [0.25, 0.3) is 0 Å². The third kappa shape index (κ3) is 2.63. The molecule has 20 heavy (non-hydrogen) atoms. The molecule has 0 aromatic carbocycles. The number of ether oxygens (including phenoxy) is 2. The summed E-state index contributed by atoms with van der Waals surface area (Å²) in [5, 5.41) is 0.